The monoisotopic (exact) mass is 500 g/mol. The van der Waals surface area contributed by atoms with E-state index in [1.165, 1.54) is 16.2 Å². The van der Waals surface area contributed by atoms with Gasteiger partial charge in [-0.15, -0.1) is 11.3 Å². The van der Waals surface area contributed by atoms with E-state index < -0.39 is 15.9 Å². The lowest BCUT2D eigenvalue weighted by Crippen LogP contribution is -2.56. The van der Waals surface area contributed by atoms with Gasteiger partial charge in [-0.2, -0.15) is 5.26 Å². The third-order valence-corrected chi connectivity index (χ3v) is 6.75. The average molecular weight is 502 g/mol. The van der Waals surface area contributed by atoms with Gasteiger partial charge in [0.15, 0.2) is 5.11 Å². The zero-order valence-electron chi connectivity index (χ0n) is 16.0. The van der Waals surface area contributed by atoms with Crippen LogP contribution in [-0.2, 0) is 12.8 Å². The van der Waals surface area contributed by atoms with Gasteiger partial charge < -0.3 is 16.0 Å². The van der Waals surface area contributed by atoms with E-state index in [2.05, 4.69) is 22.0 Å². The van der Waals surface area contributed by atoms with E-state index in [1.54, 1.807) is 18.2 Å². The minimum atomic E-state index is -1.86. The number of rotatable bonds is 4. The van der Waals surface area contributed by atoms with E-state index in [9.17, 15) is 10.1 Å². The molecule has 1 atom stereocenters. The summed E-state index contributed by atoms with van der Waals surface area (Å²) in [6, 6.07) is 9.32. The number of fused-ring (bicyclic) bond motifs is 1. The summed E-state index contributed by atoms with van der Waals surface area (Å²) in [5.74, 6) is -0.408. The van der Waals surface area contributed by atoms with Crippen molar-refractivity contribution in [1.82, 2.24) is 10.6 Å². The largest absolute Gasteiger partial charge is 0.339 e. The molecule has 0 aliphatic heterocycles. The molecule has 2 aromatic rings. The van der Waals surface area contributed by atoms with Crippen molar-refractivity contribution in [1.29, 1.82) is 5.26 Å². The molecule has 1 aliphatic carbocycles. The van der Waals surface area contributed by atoms with Gasteiger partial charge in [-0.05, 0) is 62.5 Å². The third-order valence-electron chi connectivity index (χ3n) is 4.67. The van der Waals surface area contributed by atoms with Gasteiger partial charge in [0.1, 0.15) is 17.2 Å². The van der Waals surface area contributed by atoms with Gasteiger partial charge in [-0.25, -0.2) is 0 Å². The number of halogens is 3. The summed E-state index contributed by atoms with van der Waals surface area (Å²) in [6.45, 7) is 1.88. The van der Waals surface area contributed by atoms with E-state index in [4.69, 9.17) is 47.0 Å². The predicted molar refractivity (Wildman–Crippen MR) is 128 cm³/mol. The summed E-state index contributed by atoms with van der Waals surface area (Å²) in [5, 5.41) is 18.9. The van der Waals surface area contributed by atoms with Gasteiger partial charge in [0.25, 0.3) is 5.91 Å². The average Bonchev–Trinajstić information content (AvgIpc) is 3.03. The van der Waals surface area contributed by atoms with Crippen molar-refractivity contribution in [3.8, 4) is 6.07 Å². The quantitative estimate of drug-likeness (QED) is 0.304. The van der Waals surface area contributed by atoms with E-state index in [1.807, 2.05) is 13.0 Å². The Bertz CT molecular complexity index is 1010. The highest BCUT2D eigenvalue weighted by Gasteiger charge is 2.35. The van der Waals surface area contributed by atoms with E-state index in [-0.39, 0.29) is 5.11 Å². The van der Waals surface area contributed by atoms with Gasteiger partial charge >= 0.3 is 0 Å². The highest BCUT2D eigenvalue weighted by molar-refractivity contribution is 7.80. The number of nitrogens with one attached hydrogen (secondary N) is 3. The second kappa shape index (κ2) is 9.71. The lowest BCUT2D eigenvalue weighted by Gasteiger charge is -2.27. The van der Waals surface area contributed by atoms with Crippen LogP contribution in [0, 0.1) is 18.3 Å². The van der Waals surface area contributed by atoms with Gasteiger partial charge in [0.2, 0.25) is 3.79 Å². The first-order chi connectivity index (χ1) is 14.2. The minimum Gasteiger partial charge on any atom is -0.339 e. The summed E-state index contributed by atoms with van der Waals surface area (Å²) >= 11 is 25.1. The lowest BCUT2D eigenvalue weighted by molar-refractivity contribution is 0.0934. The van der Waals surface area contributed by atoms with Crippen molar-refractivity contribution in [2.75, 3.05) is 5.32 Å². The number of carbonyl (C=O) groups is 1. The Morgan fingerprint density at radius 3 is 2.67 bits per heavy atom. The minimum absolute atomic E-state index is 0.144. The molecular formula is C20H19Cl3N4OS2. The number of aryl methyl sites for hydroxylation is 2. The molecule has 3 rings (SSSR count). The third kappa shape index (κ3) is 5.57. The van der Waals surface area contributed by atoms with Crippen LogP contribution < -0.4 is 16.0 Å². The number of anilines is 1. The Hall–Kier alpha value is -1.56. The lowest BCUT2D eigenvalue weighted by atomic mass is 9.96. The number of alkyl halides is 3. The van der Waals surface area contributed by atoms with Crippen molar-refractivity contribution < 1.29 is 4.79 Å². The van der Waals surface area contributed by atoms with E-state index >= 15 is 0 Å². The number of amides is 1. The first-order valence-corrected chi connectivity index (χ1v) is 11.6. The van der Waals surface area contributed by atoms with Gasteiger partial charge in [0.05, 0.1) is 5.56 Å². The topological polar surface area (TPSA) is 77.0 Å². The maximum absolute atomic E-state index is 12.6. The maximum atomic E-state index is 12.6. The molecule has 3 N–H and O–H groups in total. The SMILES string of the molecule is Cc1cccc(C(=O)NC(NC(=S)Nc2sc3c(c2C#N)CCCC3)C(Cl)(Cl)Cl)c1. The van der Waals surface area contributed by atoms with Crippen LogP contribution in [0.1, 0.15) is 44.8 Å². The van der Waals surface area contributed by atoms with Crippen LogP contribution in [0.2, 0.25) is 0 Å². The summed E-state index contributed by atoms with van der Waals surface area (Å²) in [4.78, 5) is 13.8. The first kappa shape index (κ1) is 23.1. The molecule has 0 spiro atoms. The fourth-order valence-corrected chi connectivity index (χ4v) is 5.10. The van der Waals surface area contributed by atoms with Crippen LogP contribution >= 0.6 is 58.4 Å². The molecule has 30 heavy (non-hydrogen) atoms. The highest BCUT2D eigenvalue weighted by Crippen LogP contribution is 2.37. The Balaban J connectivity index is 1.73. The highest BCUT2D eigenvalue weighted by atomic mass is 35.6. The van der Waals surface area contributed by atoms with Gasteiger partial charge in [-0.1, -0.05) is 52.5 Å². The molecule has 0 saturated heterocycles. The van der Waals surface area contributed by atoms with E-state index in [0.717, 1.165) is 36.8 Å². The number of nitriles is 1. The van der Waals surface area contributed by atoms with Crippen LogP contribution in [0.3, 0.4) is 0 Å². The second-order valence-corrected chi connectivity index (χ2v) is 10.8. The molecule has 0 fully saturated rings. The fraction of sp³-hybridized carbons (Fsp3) is 0.350. The molecular weight excluding hydrogens is 483 g/mol. The molecule has 0 saturated carbocycles. The molecule has 5 nitrogen and oxygen atoms in total. The van der Waals surface area contributed by atoms with Crippen molar-refractivity contribution in [2.45, 2.75) is 42.6 Å². The van der Waals surface area contributed by atoms with E-state index in [0.29, 0.717) is 16.1 Å². The summed E-state index contributed by atoms with van der Waals surface area (Å²) in [6.07, 6.45) is 2.94. The predicted octanol–water partition coefficient (Wildman–Crippen LogP) is 5.22. The summed E-state index contributed by atoms with van der Waals surface area (Å²) in [7, 11) is 0. The number of nitrogens with zero attached hydrogens (tertiary/aromatic N) is 1. The number of benzene rings is 1. The molecule has 1 aromatic heterocycles. The van der Waals surface area contributed by atoms with Crippen LogP contribution in [0.5, 0.6) is 0 Å². The fourth-order valence-electron chi connectivity index (χ4n) is 3.24. The molecule has 158 valence electrons. The molecule has 1 aromatic carbocycles. The zero-order valence-corrected chi connectivity index (χ0v) is 19.9. The number of carbonyl (C=O) groups excluding carboxylic acids is 1. The molecule has 0 radical (unpaired) electrons. The van der Waals surface area contributed by atoms with Crippen molar-refractivity contribution >= 4 is 74.4 Å². The standard InChI is InChI=1S/C20H19Cl3N4OS2/c1-11-5-4-6-12(9-11)16(28)25-18(20(21,22)23)27-19(29)26-17-14(10-24)13-7-2-3-8-15(13)30-17/h4-6,9,18H,2-3,7-8H2,1H3,(H,25,28)(H2,26,27,29). The molecule has 10 heteroatoms. The first-order valence-electron chi connectivity index (χ1n) is 9.25. The molecule has 0 bridgehead atoms. The molecule has 1 amide bonds. The van der Waals surface area contributed by atoms with Crippen LogP contribution in [-0.4, -0.2) is 21.0 Å². The number of hydrogen-bond acceptors (Lipinski definition) is 4. The van der Waals surface area contributed by atoms with Crippen LogP contribution in [0.4, 0.5) is 5.00 Å². The number of hydrogen-bond donors (Lipinski definition) is 3. The zero-order chi connectivity index (χ0) is 21.9. The smallest absolute Gasteiger partial charge is 0.252 e. The van der Waals surface area contributed by atoms with Crippen molar-refractivity contribution in [3.63, 3.8) is 0 Å². The van der Waals surface area contributed by atoms with Crippen molar-refractivity contribution in [3.05, 3.63) is 51.4 Å². The number of thiophene rings is 1. The Morgan fingerprint density at radius 2 is 2.00 bits per heavy atom. The Labute approximate surface area is 199 Å². The summed E-state index contributed by atoms with van der Waals surface area (Å²) in [5.41, 5.74) is 3.06. The molecule has 1 unspecified atom stereocenters. The Morgan fingerprint density at radius 1 is 1.27 bits per heavy atom. The van der Waals surface area contributed by atoms with Crippen molar-refractivity contribution in [2.24, 2.45) is 0 Å². The Kier molecular flexibility index (Phi) is 7.48. The normalized spacial score (nSPS) is 14.2. The van der Waals surface area contributed by atoms with Crippen LogP contribution in [0.25, 0.3) is 0 Å². The second-order valence-electron chi connectivity index (χ2n) is 6.94. The summed E-state index contributed by atoms with van der Waals surface area (Å²) < 4.78 is -1.86. The maximum Gasteiger partial charge on any atom is 0.252 e. The van der Waals surface area contributed by atoms with Gasteiger partial charge in [0, 0.05) is 10.4 Å². The van der Waals surface area contributed by atoms with Crippen LogP contribution in [0.15, 0.2) is 24.3 Å². The molecule has 1 aliphatic rings. The molecule has 1 heterocycles. The van der Waals surface area contributed by atoms with Gasteiger partial charge in [-0.3, -0.25) is 4.79 Å². The number of thiocarbonyl (C=S) groups is 1.